The Morgan fingerprint density at radius 2 is 1.71 bits per heavy atom. The van der Waals surface area contributed by atoms with Crippen molar-refractivity contribution >= 4 is 29.0 Å². The van der Waals surface area contributed by atoms with Crippen LogP contribution in [0.15, 0.2) is 24.3 Å². The lowest BCUT2D eigenvalue weighted by Gasteiger charge is -2.10. The van der Waals surface area contributed by atoms with Crippen LogP contribution in [0, 0.1) is 0 Å². The maximum atomic E-state index is 11.8. The van der Waals surface area contributed by atoms with Crippen molar-refractivity contribution < 1.29 is 9.59 Å². The Kier molecular flexibility index (Phi) is 4.33. The van der Waals surface area contributed by atoms with Crippen molar-refractivity contribution in [2.45, 2.75) is 20.3 Å². The fraction of sp³-hybridized carbons (Fsp3) is 0.200. The summed E-state index contributed by atoms with van der Waals surface area (Å²) in [7, 11) is 0. The van der Waals surface area contributed by atoms with E-state index in [1.165, 1.54) is 13.8 Å². The number of benzene rings is 1. The molecule has 0 aliphatic rings. The summed E-state index contributed by atoms with van der Waals surface area (Å²) in [6.07, 6.45) is 0.399. The number of nitrogens with zero attached hydrogens (tertiary/aromatic N) is 2. The van der Waals surface area contributed by atoms with E-state index in [2.05, 4.69) is 9.97 Å². The van der Waals surface area contributed by atoms with Crippen molar-refractivity contribution in [1.29, 1.82) is 0 Å². The van der Waals surface area contributed by atoms with Gasteiger partial charge in [0.2, 0.25) is 0 Å². The molecule has 2 rings (SSSR count). The molecule has 5 nitrogen and oxygen atoms in total. The highest BCUT2D eigenvalue weighted by Gasteiger charge is 2.18. The van der Waals surface area contributed by atoms with Crippen molar-refractivity contribution in [3.8, 4) is 0 Å². The zero-order valence-corrected chi connectivity index (χ0v) is 12.4. The van der Waals surface area contributed by atoms with Crippen molar-refractivity contribution in [1.82, 2.24) is 9.97 Å². The molecule has 0 aliphatic heterocycles. The lowest BCUT2D eigenvalue weighted by atomic mass is 10.0. The highest BCUT2D eigenvalue weighted by Crippen LogP contribution is 2.20. The first-order valence-electron chi connectivity index (χ1n) is 6.31. The number of aromatic nitrogens is 2. The Morgan fingerprint density at radius 3 is 2.24 bits per heavy atom. The molecule has 0 saturated heterocycles. The van der Waals surface area contributed by atoms with Gasteiger partial charge in [0, 0.05) is 30.9 Å². The average Bonchev–Trinajstić information content (AvgIpc) is 2.42. The van der Waals surface area contributed by atoms with E-state index in [4.69, 9.17) is 17.3 Å². The monoisotopic (exact) mass is 303 g/mol. The first-order valence-corrected chi connectivity index (χ1v) is 6.69. The van der Waals surface area contributed by atoms with Crippen LogP contribution in [0.2, 0.25) is 5.02 Å². The van der Waals surface area contributed by atoms with Gasteiger partial charge in [-0.1, -0.05) is 23.7 Å². The van der Waals surface area contributed by atoms with Crippen LogP contribution < -0.4 is 5.73 Å². The number of halogens is 1. The lowest BCUT2D eigenvalue weighted by molar-refractivity contribution is 0.100. The third-order valence-electron chi connectivity index (χ3n) is 2.98. The van der Waals surface area contributed by atoms with E-state index in [1.807, 2.05) is 12.1 Å². The molecule has 0 spiro atoms. The van der Waals surface area contributed by atoms with Gasteiger partial charge in [0.1, 0.15) is 11.5 Å². The highest BCUT2D eigenvalue weighted by molar-refractivity contribution is 6.30. The molecule has 1 aromatic heterocycles. The average molecular weight is 304 g/mol. The third kappa shape index (κ3) is 3.44. The number of hydrogen-bond acceptors (Lipinski definition) is 5. The number of nitrogen functional groups attached to an aromatic ring is 1. The number of rotatable bonds is 4. The summed E-state index contributed by atoms with van der Waals surface area (Å²) in [6.45, 7) is 2.72. The second-order valence-corrected chi connectivity index (χ2v) is 5.11. The molecule has 0 radical (unpaired) electrons. The molecule has 21 heavy (non-hydrogen) atoms. The summed E-state index contributed by atoms with van der Waals surface area (Å²) in [4.78, 5) is 31.1. The molecule has 0 saturated carbocycles. The number of carbonyl (C=O) groups excluding carboxylic acids is 2. The summed E-state index contributed by atoms with van der Waals surface area (Å²) in [6, 6.07) is 7.19. The number of anilines is 1. The Balaban J connectivity index is 2.49. The summed E-state index contributed by atoms with van der Waals surface area (Å²) < 4.78 is 0. The molecule has 6 heteroatoms. The van der Waals surface area contributed by atoms with Gasteiger partial charge in [-0.2, -0.15) is 0 Å². The fourth-order valence-electron chi connectivity index (χ4n) is 1.93. The molecule has 1 aromatic carbocycles. The number of Topliss-reactive ketones (excluding diaryl/α,β-unsaturated/α-hetero) is 2. The van der Waals surface area contributed by atoms with Crippen molar-refractivity contribution in [2.24, 2.45) is 0 Å². The summed E-state index contributed by atoms with van der Waals surface area (Å²) in [5.74, 6) is -0.481. The van der Waals surface area contributed by atoms with Crippen LogP contribution in [0.1, 0.15) is 46.1 Å². The van der Waals surface area contributed by atoms with E-state index in [0.29, 0.717) is 17.0 Å². The van der Waals surface area contributed by atoms with Crippen molar-refractivity contribution in [3.63, 3.8) is 0 Å². The zero-order valence-electron chi connectivity index (χ0n) is 11.7. The minimum atomic E-state index is -0.331. The molecule has 0 unspecified atom stereocenters. The van der Waals surface area contributed by atoms with E-state index >= 15 is 0 Å². The largest absolute Gasteiger partial charge is 0.383 e. The summed E-state index contributed by atoms with van der Waals surface area (Å²) >= 11 is 5.84. The van der Waals surface area contributed by atoms with Crippen molar-refractivity contribution in [3.05, 3.63) is 51.9 Å². The maximum absolute atomic E-state index is 11.8. The second-order valence-electron chi connectivity index (χ2n) is 4.68. The zero-order chi connectivity index (χ0) is 15.6. The van der Waals surface area contributed by atoms with Gasteiger partial charge in [0.25, 0.3) is 0 Å². The maximum Gasteiger partial charge on any atom is 0.198 e. The van der Waals surface area contributed by atoms with E-state index < -0.39 is 0 Å². The van der Waals surface area contributed by atoms with E-state index in [-0.39, 0.29) is 28.9 Å². The predicted molar refractivity (Wildman–Crippen MR) is 80.7 cm³/mol. The van der Waals surface area contributed by atoms with Crippen LogP contribution >= 0.6 is 11.6 Å². The Bertz CT molecular complexity index is 712. The molecule has 2 aromatic rings. The van der Waals surface area contributed by atoms with E-state index in [1.54, 1.807) is 12.1 Å². The standard InChI is InChI=1S/C15H14ClN3O2/c1-8(20)13-12(7-10-3-5-11(16)6-4-10)14(17)19-15(18-13)9(2)21/h3-6H,7H2,1-2H3,(H2,17,18,19). The molecular formula is C15H14ClN3O2. The number of hydrogen-bond donors (Lipinski definition) is 1. The predicted octanol–water partition coefficient (Wildman–Crippen LogP) is 2.71. The van der Waals surface area contributed by atoms with Gasteiger partial charge in [0.15, 0.2) is 17.4 Å². The first-order chi connectivity index (χ1) is 9.88. The molecule has 0 aliphatic carbocycles. The number of carbonyl (C=O) groups is 2. The minimum absolute atomic E-state index is 0.0439. The van der Waals surface area contributed by atoms with Crippen LogP contribution in [-0.4, -0.2) is 21.5 Å². The Hall–Kier alpha value is -2.27. The van der Waals surface area contributed by atoms with Gasteiger partial charge in [-0.25, -0.2) is 9.97 Å². The first kappa shape index (κ1) is 15.1. The third-order valence-corrected chi connectivity index (χ3v) is 3.23. The van der Waals surface area contributed by atoms with Crippen LogP contribution in [0.3, 0.4) is 0 Å². The van der Waals surface area contributed by atoms with Gasteiger partial charge in [-0.05, 0) is 17.7 Å². The molecule has 0 atom stereocenters. The van der Waals surface area contributed by atoms with Gasteiger partial charge in [-0.3, -0.25) is 9.59 Å². The number of ketones is 2. The molecule has 2 N–H and O–H groups in total. The van der Waals surface area contributed by atoms with Crippen LogP contribution in [0.25, 0.3) is 0 Å². The second kappa shape index (κ2) is 6.01. The Morgan fingerprint density at radius 1 is 1.10 bits per heavy atom. The molecule has 108 valence electrons. The van der Waals surface area contributed by atoms with Crippen LogP contribution in [0.4, 0.5) is 5.82 Å². The summed E-state index contributed by atoms with van der Waals surface area (Å²) in [5.41, 5.74) is 7.52. The molecule has 0 fully saturated rings. The highest BCUT2D eigenvalue weighted by atomic mass is 35.5. The van der Waals surface area contributed by atoms with E-state index in [9.17, 15) is 9.59 Å². The lowest BCUT2D eigenvalue weighted by Crippen LogP contribution is -2.14. The van der Waals surface area contributed by atoms with Crippen LogP contribution in [-0.2, 0) is 6.42 Å². The Labute approximate surface area is 127 Å². The smallest absolute Gasteiger partial charge is 0.198 e. The molecule has 0 amide bonds. The van der Waals surface area contributed by atoms with Gasteiger partial charge < -0.3 is 5.73 Å². The normalized spacial score (nSPS) is 10.4. The topological polar surface area (TPSA) is 85.9 Å². The van der Waals surface area contributed by atoms with Crippen LogP contribution in [0.5, 0.6) is 0 Å². The van der Waals surface area contributed by atoms with Gasteiger partial charge in [0.05, 0.1) is 0 Å². The van der Waals surface area contributed by atoms with E-state index in [0.717, 1.165) is 5.56 Å². The SMILES string of the molecule is CC(=O)c1nc(N)c(Cc2ccc(Cl)cc2)c(C(C)=O)n1. The van der Waals surface area contributed by atoms with Crippen molar-refractivity contribution in [2.75, 3.05) is 5.73 Å². The summed E-state index contributed by atoms with van der Waals surface area (Å²) in [5, 5.41) is 0.627. The quantitative estimate of drug-likeness (QED) is 0.878. The minimum Gasteiger partial charge on any atom is -0.383 e. The molecule has 1 heterocycles. The van der Waals surface area contributed by atoms with Gasteiger partial charge in [-0.15, -0.1) is 0 Å². The fourth-order valence-corrected chi connectivity index (χ4v) is 2.06. The molecule has 0 bridgehead atoms. The molecular weight excluding hydrogens is 290 g/mol. The van der Waals surface area contributed by atoms with Gasteiger partial charge >= 0.3 is 0 Å². The number of nitrogens with two attached hydrogens (primary N) is 1.